The zero-order chi connectivity index (χ0) is 15.1. The fourth-order valence-electron chi connectivity index (χ4n) is 1.72. The number of para-hydroxylation sites is 1. The van der Waals surface area contributed by atoms with Crippen LogP contribution >= 0.6 is 0 Å². The van der Waals surface area contributed by atoms with Crippen LogP contribution in [0.2, 0.25) is 0 Å². The van der Waals surface area contributed by atoms with Gasteiger partial charge in [-0.2, -0.15) is 0 Å². The molecule has 21 heavy (non-hydrogen) atoms. The molecule has 0 aliphatic carbocycles. The van der Waals surface area contributed by atoms with Gasteiger partial charge >= 0.3 is 5.97 Å². The molecule has 0 saturated carbocycles. The van der Waals surface area contributed by atoms with Gasteiger partial charge in [-0.3, -0.25) is 0 Å². The van der Waals surface area contributed by atoms with Crippen LogP contribution in [0.4, 0.5) is 0 Å². The molecule has 4 nitrogen and oxygen atoms in total. The molecule has 0 aromatic heterocycles. The molecule has 2 aromatic carbocycles. The van der Waals surface area contributed by atoms with E-state index in [-0.39, 0.29) is 5.97 Å². The Morgan fingerprint density at radius 1 is 0.952 bits per heavy atom. The first kappa shape index (κ1) is 14.9. The Labute approximate surface area is 124 Å². The summed E-state index contributed by atoms with van der Waals surface area (Å²) in [5, 5.41) is 0. The molecule has 0 spiro atoms. The van der Waals surface area contributed by atoms with Crippen LogP contribution in [0, 0.1) is 0 Å². The summed E-state index contributed by atoms with van der Waals surface area (Å²) in [6.07, 6.45) is -0.633. The lowest BCUT2D eigenvalue weighted by Crippen LogP contribution is -2.25. The van der Waals surface area contributed by atoms with Gasteiger partial charge in [0.15, 0.2) is 6.10 Å². The summed E-state index contributed by atoms with van der Waals surface area (Å²) in [6, 6.07) is 16.6. The van der Waals surface area contributed by atoms with E-state index in [9.17, 15) is 4.79 Å². The molecule has 2 aromatic rings. The van der Waals surface area contributed by atoms with Gasteiger partial charge in [-0.1, -0.05) is 18.2 Å². The van der Waals surface area contributed by atoms with Crippen molar-refractivity contribution in [2.45, 2.75) is 20.0 Å². The summed E-state index contributed by atoms with van der Waals surface area (Å²) in [7, 11) is 0. The molecular weight excluding hydrogens is 268 g/mol. The third kappa shape index (κ3) is 4.53. The Hall–Kier alpha value is -2.49. The monoisotopic (exact) mass is 286 g/mol. The minimum Gasteiger partial charge on any atom is -0.479 e. The molecule has 0 aliphatic rings. The van der Waals surface area contributed by atoms with E-state index in [0.29, 0.717) is 18.1 Å². The molecule has 0 bridgehead atoms. The second-order valence-electron chi connectivity index (χ2n) is 4.40. The van der Waals surface area contributed by atoms with E-state index in [2.05, 4.69) is 0 Å². The molecule has 2 rings (SSSR count). The normalized spacial score (nSPS) is 11.5. The third-order valence-corrected chi connectivity index (χ3v) is 2.73. The van der Waals surface area contributed by atoms with Gasteiger partial charge in [-0.05, 0) is 50.2 Å². The van der Waals surface area contributed by atoms with Gasteiger partial charge in [0.25, 0.3) is 0 Å². The summed E-state index contributed by atoms with van der Waals surface area (Å²) in [5.41, 5.74) is 0. The van der Waals surface area contributed by atoms with E-state index in [4.69, 9.17) is 14.2 Å². The van der Waals surface area contributed by atoms with Crippen molar-refractivity contribution in [2.24, 2.45) is 0 Å². The molecule has 0 aliphatic heterocycles. The second kappa shape index (κ2) is 7.33. The highest BCUT2D eigenvalue weighted by Crippen LogP contribution is 2.24. The summed E-state index contributed by atoms with van der Waals surface area (Å²) >= 11 is 0. The smallest absolute Gasteiger partial charge is 0.347 e. The average Bonchev–Trinajstić information content (AvgIpc) is 2.50. The highest BCUT2D eigenvalue weighted by atomic mass is 16.6. The van der Waals surface area contributed by atoms with Crippen LogP contribution in [0.1, 0.15) is 13.8 Å². The van der Waals surface area contributed by atoms with E-state index >= 15 is 0 Å². The van der Waals surface area contributed by atoms with E-state index in [1.54, 1.807) is 38.1 Å². The van der Waals surface area contributed by atoms with Crippen LogP contribution in [0.25, 0.3) is 0 Å². The summed E-state index contributed by atoms with van der Waals surface area (Å²) < 4.78 is 16.1. The Balaban J connectivity index is 1.94. The number of rotatable bonds is 6. The van der Waals surface area contributed by atoms with Crippen LogP contribution in [-0.4, -0.2) is 18.7 Å². The van der Waals surface area contributed by atoms with Crippen molar-refractivity contribution in [3.05, 3.63) is 54.6 Å². The Bertz CT molecular complexity index is 563. The fourth-order valence-corrected chi connectivity index (χ4v) is 1.72. The zero-order valence-corrected chi connectivity index (χ0v) is 12.1. The number of hydrogen-bond acceptors (Lipinski definition) is 4. The maximum Gasteiger partial charge on any atom is 0.347 e. The van der Waals surface area contributed by atoms with Gasteiger partial charge in [0.05, 0.1) is 6.61 Å². The van der Waals surface area contributed by atoms with Crippen LogP contribution < -0.4 is 9.47 Å². The van der Waals surface area contributed by atoms with Crippen molar-refractivity contribution in [1.29, 1.82) is 0 Å². The number of benzene rings is 2. The predicted molar refractivity (Wildman–Crippen MR) is 79.7 cm³/mol. The van der Waals surface area contributed by atoms with Crippen LogP contribution in [-0.2, 0) is 9.53 Å². The summed E-state index contributed by atoms with van der Waals surface area (Å²) in [4.78, 5) is 11.5. The molecule has 1 atom stereocenters. The maximum absolute atomic E-state index is 11.5. The largest absolute Gasteiger partial charge is 0.479 e. The van der Waals surface area contributed by atoms with Crippen molar-refractivity contribution in [1.82, 2.24) is 0 Å². The van der Waals surface area contributed by atoms with Crippen molar-refractivity contribution >= 4 is 5.97 Å². The standard InChI is InChI=1S/C17H18O4/c1-3-19-17(18)13(2)20-15-9-11-16(12-10-15)21-14-7-5-4-6-8-14/h4-13H,3H2,1-2H3. The highest BCUT2D eigenvalue weighted by Gasteiger charge is 2.15. The van der Waals surface area contributed by atoms with Crippen molar-refractivity contribution < 1.29 is 19.0 Å². The first-order valence-electron chi connectivity index (χ1n) is 6.85. The molecule has 0 radical (unpaired) electrons. The topological polar surface area (TPSA) is 44.8 Å². The van der Waals surface area contributed by atoms with E-state index in [1.165, 1.54) is 0 Å². The molecule has 0 fully saturated rings. The number of carbonyl (C=O) groups is 1. The Kier molecular flexibility index (Phi) is 5.21. The zero-order valence-electron chi connectivity index (χ0n) is 12.1. The van der Waals surface area contributed by atoms with Crippen molar-refractivity contribution in [3.63, 3.8) is 0 Å². The predicted octanol–water partition coefficient (Wildman–Crippen LogP) is 3.81. The molecule has 1 unspecified atom stereocenters. The molecule has 4 heteroatoms. The lowest BCUT2D eigenvalue weighted by molar-refractivity contribution is -0.150. The second-order valence-corrected chi connectivity index (χ2v) is 4.40. The van der Waals surface area contributed by atoms with E-state index in [0.717, 1.165) is 5.75 Å². The van der Waals surface area contributed by atoms with Gasteiger partial charge in [0.2, 0.25) is 0 Å². The number of ether oxygens (including phenoxy) is 3. The molecule has 0 saturated heterocycles. The lowest BCUT2D eigenvalue weighted by atomic mass is 10.3. The SMILES string of the molecule is CCOC(=O)C(C)Oc1ccc(Oc2ccccc2)cc1. The average molecular weight is 286 g/mol. The summed E-state index contributed by atoms with van der Waals surface area (Å²) in [5.74, 6) is 1.70. The lowest BCUT2D eigenvalue weighted by Gasteiger charge is -2.13. The third-order valence-electron chi connectivity index (χ3n) is 2.73. The molecule has 0 heterocycles. The van der Waals surface area contributed by atoms with Gasteiger partial charge < -0.3 is 14.2 Å². The highest BCUT2D eigenvalue weighted by molar-refractivity contribution is 5.74. The molecule has 0 amide bonds. The van der Waals surface area contributed by atoms with Crippen molar-refractivity contribution in [3.8, 4) is 17.2 Å². The molecular formula is C17H18O4. The van der Waals surface area contributed by atoms with Gasteiger partial charge in [-0.15, -0.1) is 0 Å². The minimum atomic E-state index is -0.633. The number of hydrogen-bond donors (Lipinski definition) is 0. The van der Waals surface area contributed by atoms with Gasteiger partial charge in [0, 0.05) is 0 Å². The molecule has 0 N–H and O–H groups in total. The van der Waals surface area contributed by atoms with Gasteiger partial charge in [0.1, 0.15) is 17.2 Å². The van der Waals surface area contributed by atoms with E-state index in [1.807, 2.05) is 30.3 Å². The number of esters is 1. The summed E-state index contributed by atoms with van der Waals surface area (Å²) in [6.45, 7) is 3.77. The van der Waals surface area contributed by atoms with E-state index < -0.39 is 6.10 Å². The Morgan fingerprint density at radius 2 is 1.52 bits per heavy atom. The van der Waals surface area contributed by atoms with Crippen molar-refractivity contribution in [2.75, 3.05) is 6.61 Å². The minimum absolute atomic E-state index is 0.344. The van der Waals surface area contributed by atoms with Crippen LogP contribution in [0.15, 0.2) is 54.6 Å². The first-order valence-corrected chi connectivity index (χ1v) is 6.85. The van der Waals surface area contributed by atoms with Crippen LogP contribution in [0.5, 0.6) is 17.2 Å². The fraction of sp³-hybridized carbons (Fsp3) is 0.235. The number of carbonyl (C=O) groups excluding carboxylic acids is 1. The Morgan fingerprint density at radius 3 is 2.14 bits per heavy atom. The quantitative estimate of drug-likeness (QED) is 0.757. The van der Waals surface area contributed by atoms with Gasteiger partial charge in [-0.25, -0.2) is 4.79 Å². The van der Waals surface area contributed by atoms with Crippen LogP contribution in [0.3, 0.4) is 0 Å². The first-order chi connectivity index (χ1) is 10.2. The molecule has 110 valence electrons. The maximum atomic E-state index is 11.5.